The van der Waals surface area contributed by atoms with Gasteiger partial charge in [0.05, 0.1) is 11.0 Å². The van der Waals surface area contributed by atoms with Crippen LogP contribution in [-0.2, 0) is 10.0 Å². The van der Waals surface area contributed by atoms with Crippen LogP contribution < -0.4 is 4.72 Å². The molecule has 130 valence electrons. The van der Waals surface area contributed by atoms with Crippen molar-refractivity contribution in [2.45, 2.75) is 36.7 Å². The molecule has 1 unspecified atom stereocenters. The van der Waals surface area contributed by atoms with Crippen molar-refractivity contribution in [1.29, 1.82) is 0 Å². The monoisotopic (exact) mass is 365 g/mol. The molecule has 0 aromatic heterocycles. The topological polar surface area (TPSA) is 66.4 Å². The number of hydrogen-bond donors (Lipinski definition) is 2. The summed E-state index contributed by atoms with van der Waals surface area (Å²) in [6.07, 6.45) is 1.09. The number of rotatable bonds is 6. The van der Waals surface area contributed by atoms with Gasteiger partial charge in [0.15, 0.2) is 0 Å². The van der Waals surface area contributed by atoms with Crippen LogP contribution in [0.1, 0.15) is 28.4 Å². The van der Waals surface area contributed by atoms with E-state index in [1.807, 2.05) is 50.4 Å². The fourth-order valence-electron chi connectivity index (χ4n) is 2.43. The van der Waals surface area contributed by atoms with Crippen LogP contribution in [0.15, 0.2) is 46.2 Å². The van der Waals surface area contributed by atoms with E-state index >= 15 is 0 Å². The molecular weight excluding hydrogens is 342 g/mol. The van der Waals surface area contributed by atoms with Crippen LogP contribution in [0.5, 0.6) is 0 Å². The molecule has 0 spiro atoms. The first kappa shape index (κ1) is 19.0. The van der Waals surface area contributed by atoms with E-state index in [9.17, 15) is 13.5 Å². The molecule has 6 heteroatoms. The van der Waals surface area contributed by atoms with Gasteiger partial charge in [0.2, 0.25) is 10.0 Å². The maximum absolute atomic E-state index is 12.5. The largest absolute Gasteiger partial charge is 0.387 e. The Morgan fingerprint density at radius 2 is 1.62 bits per heavy atom. The Balaban J connectivity index is 2.13. The van der Waals surface area contributed by atoms with Crippen molar-refractivity contribution in [2.24, 2.45) is 0 Å². The van der Waals surface area contributed by atoms with Crippen molar-refractivity contribution >= 4 is 21.8 Å². The number of benzene rings is 2. The van der Waals surface area contributed by atoms with E-state index in [0.717, 1.165) is 16.0 Å². The van der Waals surface area contributed by atoms with Crippen LogP contribution in [0.3, 0.4) is 0 Å². The van der Waals surface area contributed by atoms with Gasteiger partial charge in [0, 0.05) is 11.4 Å². The van der Waals surface area contributed by atoms with Crippen LogP contribution in [0.4, 0.5) is 0 Å². The zero-order chi connectivity index (χ0) is 17.9. The molecule has 2 N–H and O–H groups in total. The number of thioether (sulfide) groups is 1. The van der Waals surface area contributed by atoms with Crippen LogP contribution in [-0.4, -0.2) is 26.3 Å². The molecule has 0 heterocycles. The zero-order valence-electron chi connectivity index (χ0n) is 14.3. The van der Waals surface area contributed by atoms with Crippen molar-refractivity contribution < 1.29 is 13.5 Å². The molecule has 0 amide bonds. The maximum Gasteiger partial charge on any atom is 0.240 e. The molecule has 2 aromatic rings. The van der Waals surface area contributed by atoms with Crippen molar-refractivity contribution in [3.63, 3.8) is 0 Å². The molecule has 24 heavy (non-hydrogen) atoms. The highest BCUT2D eigenvalue weighted by atomic mass is 32.2. The third-order valence-electron chi connectivity index (χ3n) is 4.05. The number of aryl methyl sites for hydroxylation is 3. The van der Waals surface area contributed by atoms with Crippen LogP contribution in [0, 0.1) is 20.8 Å². The predicted molar refractivity (Wildman–Crippen MR) is 99.0 cm³/mol. The molecule has 0 saturated heterocycles. The highest BCUT2D eigenvalue weighted by Gasteiger charge is 2.19. The zero-order valence-corrected chi connectivity index (χ0v) is 16.0. The Morgan fingerprint density at radius 3 is 2.21 bits per heavy atom. The molecule has 0 aliphatic carbocycles. The van der Waals surface area contributed by atoms with Gasteiger partial charge < -0.3 is 5.11 Å². The molecule has 0 aliphatic rings. The van der Waals surface area contributed by atoms with Gasteiger partial charge in [-0.1, -0.05) is 18.2 Å². The summed E-state index contributed by atoms with van der Waals surface area (Å²) in [5.74, 6) is 0. The molecule has 0 fully saturated rings. The lowest BCUT2D eigenvalue weighted by Crippen LogP contribution is -2.29. The van der Waals surface area contributed by atoms with Gasteiger partial charge in [-0.2, -0.15) is 0 Å². The number of aliphatic hydroxyl groups is 1. The second-order valence-corrected chi connectivity index (χ2v) is 8.46. The Labute approximate surface area is 148 Å². The van der Waals surface area contributed by atoms with Gasteiger partial charge in [0.1, 0.15) is 0 Å². The van der Waals surface area contributed by atoms with E-state index in [4.69, 9.17) is 0 Å². The normalized spacial score (nSPS) is 13.0. The first-order chi connectivity index (χ1) is 11.2. The Kier molecular flexibility index (Phi) is 6.09. The summed E-state index contributed by atoms with van der Waals surface area (Å²) in [4.78, 5) is 1.35. The molecule has 0 radical (unpaired) electrons. The lowest BCUT2D eigenvalue weighted by Gasteiger charge is -2.15. The van der Waals surface area contributed by atoms with Crippen LogP contribution in [0.2, 0.25) is 0 Å². The molecular formula is C18H23NO3S2. The summed E-state index contributed by atoms with van der Waals surface area (Å²) in [5, 5.41) is 10.2. The predicted octanol–water partition coefficient (Wildman–Crippen LogP) is 3.35. The fourth-order valence-corrected chi connectivity index (χ4v) is 4.19. The second-order valence-electron chi connectivity index (χ2n) is 5.84. The summed E-state index contributed by atoms with van der Waals surface area (Å²) in [6, 6.07) is 11.0. The molecule has 0 bridgehead atoms. The average molecular weight is 366 g/mol. The SMILES string of the molecule is CSc1ccc(C(O)CNS(=O)(=O)c2cc(C)c(C)cc2C)cc1. The molecule has 2 aromatic carbocycles. The van der Waals surface area contributed by atoms with Gasteiger partial charge in [0.25, 0.3) is 0 Å². The third kappa shape index (κ3) is 4.39. The third-order valence-corrected chi connectivity index (χ3v) is 6.36. The van der Waals surface area contributed by atoms with E-state index in [1.54, 1.807) is 24.8 Å². The Hall–Kier alpha value is -1.34. The van der Waals surface area contributed by atoms with Gasteiger partial charge >= 0.3 is 0 Å². The van der Waals surface area contributed by atoms with Crippen molar-refractivity contribution in [3.05, 3.63) is 58.7 Å². The van der Waals surface area contributed by atoms with E-state index in [1.165, 1.54) is 0 Å². The lowest BCUT2D eigenvalue weighted by molar-refractivity contribution is 0.182. The number of nitrogens with one attached hydrogen (secondary N) is 1. The molecule has 4 nitrogen and oxygen atoms in total. The van der Waals surface area contributed by atoms with Gasteiger partial charge in [-0.15, -0.1) is 11.8 Å². The first-order valence-corrected chi connectivity index (χ1v) is 10.3. The second kappa shape index (κ2) is 7.70. The highest BCUT2D eigenvalue weighted by molar-refractivity contribution is 7.98. The average Bonchev–Trinajstić information content (AvgIpc) is 2.56. The summed E-state index contributed by atoms with van der Waals surface area (Å²) < 4.78 is 27.6. The highest BCUT2D eigenvalue weighted by Crippen LogP contribution is 2.22. The summed E-state index contributed by atoms with van der Waals surface area (Å²) >= 11 is 1.62. The summed E-state index contributed by atoms with van der Waals surface area (Å²) in [7, 11) is -3.66. The van der Waals surface area contributed by atoms with Crippen LogP contribution >= 0.6 is 11.8 Å². The van der Waals surface area contributed by atoms with Gasteiger partial charge in [-0.3, -0.25) is 0 Å². The van der Waals surface area contributed by atoms with E-state index in [0.29, 0.717) is 11.1 Å². The molecule has 0 saturated carbocycles. The quantitative estimate of drug-likeness (QED) is 0.771. The van der Waals surface area contributed by atoms with Crippen LogP contribution in [0.25, 0.3) is 0 Å². The minimum absolute atomic E-state index is 0.0622. The van der Waals surface area contributed by atoms with E-state index < -0.39 is 16.1 Å². The standard InChI is InChI=1S/C18H23NO3S2/c1-12-9-14(3)18(10-13(12)2)24(21,22)19-11-17(20)15-5-7-16(23-4)8-6-15/h5-10,17,19-20H,11H2,1-4H3. The van der Waals surface area contributed by atoms with Gasteiger partial charge in [-0.05, 0) is 67.5 Å². The number of sulfonamides is 1. The Bertz CT molecular complexity index is 815. The Morgan fingerprint density at radius 1 is 1.04 bits per heavy atom. The minimum Gasteiger partial charge on any atom is -0.387 e. The minimum atomic E-state index is -3.66. The number of aliphatic hydroxyl groups excluding tert-OH is 1. The van der Waals surface area contributed by atoms with Gasteiger partial charge in [-0.25, -0.2) is 13.1 Å². The number of hydrogen-bond acceptors (Lipinski definition) is 4. The lowest BCUT2D eigenvalue weighted by atomic mass is 10.1. The summed E-state index contributed by atoms with van der Waals surface area (Å²) in [5.41, 5.74) is 3.37. The smallest absolute Gasteiger partial charge is 0.240 e. The maximum atomic E-state index is 12.5. The van der Waals surface area contributed by atoms with E-state index in [2.05, 4.69) is 4.72 Å². The molecule has 2 rings (SSSR count). The first-order valence-electron chi connectivity index (χ1n) is 7.64. The van der Waals surface area contributed by atoms with E-state index in [-0.39, 0.29) is 11.4 Å². The molecule has 1 atom stereocenters. The molecule has 0 aliphatic heterocycles. The summed E-state index contributed by atoms with van der Waals surface area (Å²) in [6.45, 7) is 5.55. The van der Waals surface area contributed by atoms with Crippen molar-refractivity contribution in [1.82, 2.24) is 4.72 Å². The van der Waals surface area contributed by atoms with Crippen molar-refractivity contribution in [2.75, 3.05) is 12.8 Å². The van der Waals surface area contributed by atoms with Crippen molar-refractivity contribution in [3.8, 4) is 0 Å². The fraction of sp³-hybridized carbons (Fsp3) is 0.333.